The lowest BCUT2D eigenvalue weighted by molar-refractivity contribution is -0.115. The first-order valence-corrected chi connectivity index (χ1v) is 6.47. The summed E-state index contributed by atoms with van der Waals surface area (Å²) in [4.78, 5) is 24.0. The fourth-order valence-corrected chi connectivity index (χ4v) is 2.51. The number of rotatable bonds is 2. The summed E-state index contributed by atoms with van der Waals surface area (Å²) in [7, 11) is 0. The molecule has 0 N–H and O–H groups in total. The molecule has 18 heavy (non-hydrogen) atoms. The summed E-state index contributed by atoms with van der Waals surface area (Å²) in [6.07, 6.45) is 5.65. The molecule has 94 valence electrons. The number of hydrogen-bond acceptors (Lipinski definition) is 2. The monoisotopic (exact) mass is 242 g/mol. The molecule has 0 unspecified atom stereocenters. The van der Waals surface area contributed by atoms with E-state index in [1.807, 2.05) is 43.3 Å². The normalized spacial score (nSPS) is 26.2. The smallest absolute Gasteiger partial charge is 0.166 e. The molecule has 0 heterocycles. The molecule has 1 aromatic rings. The van der Waals surface area contributed by atoms with Crippen LogP contribution in [-0.4, -0.2) is 11.6 Å². The molecule has 1 aliphatic rings. The van der Waals surface area contributed by atoms with Crippen molar-refractivity contribution in [1.82, 2.24) is 0 Å². The van der Waals surface area contributed by atoms with Gasteiger partial charge in [-0.2, -0.15) is 0 Å². The van der Waals surface area contributed by atoms with E-state index < -0.39 is 0 Å². The predicted molar refractivity (Wildman–Crippen MR) is 71.4 cm³/mol. The van der Waals surface area contributed by atoms with Crippen molar-refractivity contribution >= 4 is 11.6 Å². The second kappa shape index (κ2) is 5.76. The van der Waals surface area contributed by atoms with Gasteiger partial charge in [-0.15, -0.1) is 0 Å². The summed E-state index contributed by atoms with van der Waals surface area (Å²) >= 11 is 0. The van der Waals surface area contributed by atoms with Crippen molar-refractivity contribution in [2.45, 2.75) is 26.2 Å². The van der Waals surface area contributed by atoms with Gasteiger partial charge < -0.3 is 0 Å². The number of hydrogen-bond donors (Lipinski definition) is 0. The summed E-state index contributed by atoms with van der Waals surface area (Å²) in [6, 6.07) is 9.37. The van der Waals surface area contributed by atoms with Crippen LogP contribution in [-0.2, 0) is 4.79 Å². The maximum Gasteiger partial charge on any atom is 0.166 e. The molecule has 0 saturated carbocycles. The van der Waals surface area contributed by atoms with E-state index in [-0.39, 0.29) is 23.4 Å². The average molecular weight is 242 g/mol. The van der Waals surface area contributed by atoms with E-state index in [2.05, 4.69) is 0 Å². The Morgan fingerprint density at radius 2 is 1.94 bits per heavy atom. The van der Waals surface area contributed by atoms with Gasteiger partial charge in [-0.05, 0) is 24.8 Å². The zero-order chi connectivity index (χ0) is 13.0. The molecule has 0 fully saturated rings. The lowest BCUT2D eigenvalue weighted by Crippen LogP contribution is -2.25. The van der Waals surface area contributed by atoms with Gasteiger partial charge in [-0.25, -0.2) is 0 Å². The highest BCUT2D eigenvalue weighted by atomic mass is 16.1. The van der Waals surface area contributed by atoms with Crippen LogP contribution in [0.25, 0.3) is 0 Å². The zero-order valence-corrected chi connectivity index (χ0v) is 10.6. The fraction of sp³-hybridized carbons (Fsp3) is 0.375. The lowest BCUT2D eigenvalue weighted by atomic mass is 9.80. The van der Waals surface area contributed by atoms with Crippen LogP contribution >= 0.6 is 0 Å². The van der Waals surface area contributed by atoms with Crippen molar-refractivity contribution in [3.8, 4) is 0 Å². The number of carbonyl (C=O) groups is 2. The summed E-state index contributed by atoms with van der Waals surface area (Å²) in [5, 5.41) is 0. The van der Waals surface area contributed by atoms with Gasteiger partial charge in [-0.3, -0.25) is 9.59 Å². The molecule has 0 spiro atoms. The quantitative estimate of drug-likeness (QED) is 0.744. The highest BCUT2D eigenvalue weighted by Gasteiger charge is 2.27. The minimum Gasteiger partial charge on any atom is -0.295 e. The second-order valence-electron chi connectivity index (χ2n) is 4.96. The molecule has 2 nitrogen and oxygen atoms in total. The summed E-state index contributed by atoms with van der Waals surface area (Å²) in [6.45, 7) is 2.00. The standard InChI is InChI=1S/C16H18O2/c1-12-11-14(17)9-5-6-10-15(12)16(18)13-7-3-2-4-8-13/h2-5,7-9,12,15H,6,10-11H2,1H3/b9-5-/t12-,15+/m1/s1. The van der Waals surface area contributed by atoms with Crippen LogP contribution in [0.1, 0.15) is 36.5 Å². The van der Waals surface area contributed by atoms with Crippen LogP contribution in [0.4, 0.5) is 0 Å². The Bertz CT molecular complexity index is 459. The van der Waals surface area contributed by atoms with Crippen LogP contribution < -0.4 is 0 Å². The minimum atomic E-state index is -0.0405. The van der Waals surface area contributed by atoms with Gasteiger partial charge in [-0.1, -0.05) is 43.3 Å². The van der Waals surface area contributed by atoms with Crippen molar-refractivity contribution < 1.29 is 9.59 Å². The third kappa shape index (κ3) is 2.95. The van der Waals surface area contributed by atoms with E-state index in [1.54, 1.807) is 6.08 Å². The topological polar surface area (TPSA) is 34.1 Å². The summed E-state index contributed by atoms with van der Waals surface area (Å²) in [5.41, 5.74) is 0.756. The highest BCUT2D eigenvalue weighted by Crippen LogP contribution is 2.27. The van der Waals surface area contributed by atoms with E-state index in [4.69, 9.17) is 0 Å². The Balaban J connectivity index is 2.18. The maximum atomic E-state index is 12.4. The van der Waals surface area contributed by atoms with Crippen LogP contribution in [0, 0.1) is 11.8 Å². The molecule has 0 radical (unpaired) electrons. The summed E-state index contributed by atoms with van der Waals surface area (Å²) in [5.74, 6) is 0.385. The van der Waals surface area contributed by atoms with Gasteiger partial charge in [0.05, 0.1) is 0 Å². The molecule has 2 heteroatoms. The molecule has 2 atom stereocenters. The van der Waals surface area contributed by atoms with Crippen LogP contribution in [0.2, 0.25) is 0 Å². The highest BCUT2D eigenvalue weighted by molar-refractivity contribution is 5.98. The molecule has 0 aliphatic heterocycles. The molecule has 0 amide bonds. The first-order chi connectivity index (χ1) is 8.68. The number of benzene rings is 1. The number of Topliss-reactive ketones (excluding diaryl/α,β-unsaturated/α-hetero) is 1. The SMILES string of the molecule is C[C@@H]1CC(=O)/C=C\CC[C@@H]1C(=O)c1ccccc1. The lowest BCUT2D eigenvalue weighted by Gasteiger charge is -2.23. The van der Waals surface area contributed by atoms with Crippen molar-refractivity contribution in [1.29, 1.82) is 0 Å². The van der Waals surface area contributed by atoms with Gasteiger partial charge in [0.1, 0.15) is 0 Å². The summed E-state index contributed by atoms with van der Waals surface area (Å²) < 4.78 is 0. The second-order valence-corrected chi connectivity index (χ2v) is 4.96. The maximum absolute atomic E-state index is 12.4. The van der Waals surface area contributed by atoms with Gasteiger partial charge in [0, 0.05) is 17.9 Å². The Morgan fingerprint density at radius 3 is 2.67 bits per heavy atom. The molecule has 0 bridgehead atoms. The zero-order valence-electron chi connectivity index (χ0n) is 10.6. The minimum absolute atomic E-state index is 0.0405. The Labute approximate surface area is 108 Å². The molecule has 0 aromatic heterocycles. The van der Waals surface area contributed by atoms with E-state index in [0.717, 1.165) is 18.4 Å². The van der Waals surface area contributed by atoms with Crippen molar-refractivity contribution in [3.05, 3.63) is 48.0 Å². The third-order valence-corrected chi connectivity index (χ3v) is 3.55. The van der Waals surface area contributed by atoms with Crippen molar-refractivity contribution in [2.24, 2.45) is 11.8 Å². The van der Waals surface area contributed by atoms with Crippen molar-refractivity contribution in [3.63, 3.8) is 0 Å². The Kier molecular flexibility index (Phi) is 4.08. The molecule has 1 aliphatic carbocycles. The Morgan fingerprint density at radius 1 is 1.22 bits per heavy atom. The average Bonchev–Trinajstić information content (AvgIpc) is 2.37. The number of allylic oxidation sites excluding steroid dienone is 2. The molecule has 1 aromatic carbocycles. The predicted octanol–water partition coefficient (Wildman–Crippen LogP) is 3.43. The van der Waals surface area contributed by atoms with E-state index in [9.17, 15) is 9.59 Å². The molecule has 2 rings (SSSR count). The van der Waals surface area contributed by atoms with Crippen LogP contribution in [0.15, 0.2) is 42.5 Å². The van der Waals surface area contributed by atoms with E-state index in [1.165, 1.54) is 0 Å². The number of ketones is 2. The van der Waals surface area contributed by atoms with Crippen molar-refractivity contribution in [2.75, 3.05) is 0 Å². The van der Waals surface area contributed by atoms with Gasteiger partial charge in [0.25, 0.3) is 0 Å². The van der Waals surface area contributed by atoms with Crippen LogP contribution in [0.5, 0.6) is 0 Å². The molecular weight excluding hydrogens is 224 g/mol. The first-order valence-electron chi connectivity index (χ1n) is 6.47. The first kappa shape index (κ1) is 12.7. The largest absolute Gasteiger partial charge is 0.295 e. The third-order valence-electron chi connectivity index (χ3n) is 3.55. The molecular formula is C16H18O2. The van der Waals surface area contributed by atoms with E-state index in [0.29, 0.717) is 6.42 Å². The molecule has 0 saturated heterocycles. The Hall–Kier alpha value is -1.70. The fourth-order valence-electron chi connectivity index (χ4n) is 2.51. The van der Waals surface area contributed by atoms with Gasteiger partial charge in [0.15, 0.2) is 11.6 Å². The van der Waals surface area contributed by atoms with Gasteiger partial charge >= 0.3 is 0 Å². The van der Waals surface area contributed by atoms with Gasteiger partial charge in [0.2, 0.25) is 0 Å². The number of carbonyl (C=O) groups excluding carboxylic acids is 2. The van der Waals surface area contributed by atoms with Crippen LogP contribution in [0.3, 0.4) is 0 Å². The van der Waals surface area contributed by atoms with E-state index >= 15 is 0 Å².